The molecule has 1 aliphatic rings. The molecular formula is C16H23NO2. The van der Waals surface area contributed by atoms with Crippen LogP contribution in [0.2, 0.25) is 0 Å². The van der Waals surface area contributed by atoms with E-state index in [1.165, 1.54) is 11.3 Å². The lowest BCUT2D eigenvalue weighted by molar-refractivity contribution is -0.138. The van der Waals surface area contributed by atoms with Crippen molar-refractivity contribution in [2.24, 2.45) is 5.92 Å². The molecule has 1 aromatic rings. The summed E-state index contributed by atoms with van der Waals surface area (Å²) < 4.78 is 0. The molecule has 0 spiro atoms. The first-order valence-electron chi connectivity index (χ1n) is 6.94. The van der Waals surface area contributed by atoms with E-state index in [0.717, 1.165) is 19.4 Å². The van der Waals surface area contributed by atoms with Crippen LogP contribution in [0.4, 0.5) is 5.69 Å². The van der Waals surface area contributed by atoms with E-state index in [2.05, 4.69) is 49.9 Å². The smallest absolute Gasteiger partial charge is 0.303 e. The zero-order chi connectivity index (χ0) is 14.0. The zero-order valence-corrected chi connectivity index (χ0v) is 12.0. The molecule has 0 aromatic heterocycles. The maximum absolute atomic E-state index is 10.9. The monoisotopic (exact) mass is 261 g/mol. The predicted octanol–water partition coefficient (Wildman–Crippen LogP) is 3.46. The van der Waals surface area contributed by atoms with Crippen molar-refractivity contribution in [3.05, 3.63) is 29.8 Å². The Labute approximate surface area is 115 Å². The summed E-state index contributed by atoms with van der Waals surface area (Å²) in [4.78, 5) is 13.3. The summed E-state index contributed by atoms with van der Waals surface area (Å²) in [6, 6.07) is 8.47. The van der Waals surface area contributed by atoms with E-state index in [-0.39, 0.29) is 17.9 Å². The molecule has 1 fully saturated rings. The lowest BCUT2D eigenvalue weighted by atomic mass is 9.83. The van der Waals surface area contributed by atoms with Crippen LogP contribution in [0.1, 0.15) is 38.7 Å². The summed E-state index contributed by atoms with van der Waals surface area (Å²) in [5.74, 6) is -0.431. The first-order valence-corrected chi connectivity index (χ1v) is 6.94. The number of hydrogen-bond acceptors (Lipinski definition) is 2. The number of carbonyl (C=O) groups is 1. The summed E-state index contributed by atoms with van der Waals surface area (Å²) in [6.45, 7) is 7.41. The van der Waals surface area contributed by atoms with E-state index in [9.17, 15) is 4.79 Å². The minimum atomic E-state index is -0.686. The van der Waals surface area contributed by atoms with Crippen LogP contribution in [-0.4, -0.2) is 23.2 Å². The molecule has 1 saturated heterocycles. The maximum atomic E-state index is 10.9. The third-order valence-electron chi connectivity index (χ3n) is 4.11. The topological polar surface area (TPSA) is 40.5 Å². The number of nitrogens with zero attached hydrogens (tertiary/aromatic N) is 1. The van der Waals surface area contributed by atoms with Crippen LogP contribution in [0.5, 0.6) is 0 Å². The van der Waals surface area contributed by atoms with Gasteiger partial charge in [-0.1, -0.05) is 12.1 Å². The van der Waals surface area contributed by atoms with Gasteiger partial charge in [0, 0.05) is 24.2 Å². The molecule has 3 nitrogen and oxygen atoms in total. The van der Waals surface area contributed by atoms with Gasteiger partial charge in [0.15, 0.2) is 0 Å². The van der Waals surface area contributed by atoms with Gasteiger partial charge in [0.1, 0.15) is 0 Å². The standard InChI is InChI=1S/C16H23NO2/c1-12-5-4-6-14(9-12)17-11-13(10-15(18)19)7-8-16(17,2)3/h4-6,9,13H,7-8,10-11H2,1-3H3,(H,18,19). The Morgan fingerprint density at radius 2 is 2.21 bits per heavy atom. The molecule has 0 saturated carbocycles. The van der Waals surface area contributed by atoms with Crippen molar-refractivity contribution in [3.63, 3.8) is 0 Å². The Morgan fingerprint density at radius 1 is 1.47 bits per heavy atom. The SMILES string of the molecule is Cc1cccc(N2CC(CC(=O)O)CCC2(C)C)c1. The number of piperidine rings is 1. The molecular weight excluding hydrogens is 238 g/mol. The Bertz CT molecular complexity index is 468. The molecule has 1 atom stereocenters. The first kappa shape index (κ1) is 13.9. The average Bonchev–Trinajstić information content (AvgIpc) is 2.31. The largest absolute Gasteiger partial charge is 0.481 e. The summed E-state index contributed by atoms with van der Waals surface area (Å²) >= 11 is 0. The minimum Gasteiger partial charge on any atom is -0.481 e. The Kier molecular flexibility index (Phi) is 3.83. The number of benzene rings is 1. The van der Waals surface area contributed by atoms with Gasteiger partial charge in [0.25, 0.3) is 0 Å². The third kappa shape index (κ3) is 3.28. The molecule has 0 bridgehead atoms. The maximum Gasteiger partial charge on any atom is 0.303 e. The minimum absolute atomic E-state index is 0.1000. The molecule has 3 heteroatoms. The van der Waals surface area contributed by atoms with Crippen LogP contribution < -0.4 is 4.90 Å². The molecule has 1 aromatic carbocycles. The van der Waals surface area contributed by atoms with Crippen molar-refractivity contribution in [1.82, 2.24) is 0 Å². The molecule has 19 heavy (non-hydrogen) atoms. The molecule has 2 rings (SSSR count). The number of aryl methyl sites for hydroxylation is 1. The molecule has 1 heterocycles. The molecule has 0 aliphatic carbocycles. The highest BCUT2D eigenvalue weighted by molar-refractivity contribution is 5.67. The molecule has 0 radical (unpaired) electrons. The fourth-order valence-electron chi connectivity index (χ4n) is 2.95. The second-order valence-corrected chi connectivity index (χ2v) is 6.26. The van der Waals surface area contributed by atoms with Crippen LogP contribution >= 0.6 is 0 Å². The van der Waals surface area contributed by atoms with Gasteiger partial charge in [0.05, 0.1) is 0 Å². The lowest BCUT2D eigenvalue weighted by Gasteiger charge is -2.47. The van der Waals surface area contributed by atoms with Crippen molar-refractivity contribution in [1.29, 1.82) is 0 Å². The van der Waals surface area contributed by atoms with Gasteiger partial charge in [-0.15, -0.1) is 0 Å². The number of hydrogen-bond donors (Lipinski definition) is 1. The van der Waals surface area contributed by atoms with Gasteiger partial charge < -0.3 is 10.0 Å². The van der Waals surface area contributed by atoms with Crippen LogP contribution in [-0.2, 0) is 4.79 Å². The van der Waals surface area contributed by atoms with Crippen molar-refractivity contribution in [2.45, 2.75) is 45.6 Å². The van der Waals surface area contributed by atoms with E-state index in [4.69, 9.17) is 5.11 Å². The second-order valence-electron chi connectivity index (χ2n) is 6.26. The Morgan fingerprint density at radius 3 is 2.84 bits per heavy atom. The Balaban J connectivity index is 2.21. The molecule has 1 unspecified atom stereocenters. The first-order chi connectivity index (χ1) is 8.88. The van der Waals surface area contributed by atoms with E-state index in [0.29, 0.717) is 0 Å². The lowest BCUT2D eigenvalue weighted by Crippen LogP contribution is -2.51. The van der Waals surface area contributed by atoms with E-state index in [1.807, 2.05) is 0 Å². The number of aliphatic carboxylic acids is 1. The van der Waals surface area contributed by atoms with Gasteiger partial charge in [0.2, 0.25) is 0 Å². The molecule has 0 amide bonds. The highest BCUT2D eigenvalue weighted by Crippen LogP contribution is 2.36. The number of carboxylic acids is 1. The molecule has 104 valence electrons. The molecule has 1 aliphatic heterocycles. The number of carboxylic acid groups (broad SMARTS) is 1. The van der Waals surface area contributed by atoms with Crippen LogP contribution in [0.3, 0.4) is 0 Å². The molecule has 1 N–H and O–H groups in total. The van der Waals surface area contributed by atoms with Crippen LogP contribution in [0.15, 0.2) is 24.3 Å². The third-order valence-corrected chi connectivity index (χ3v) is 4.11. The van der Waals surface area contributed by atoms with E-state index in [1.54, 1.807) is 0 Å². The highest BCUT2D eigenvalue weighted by Gasteiger charge is 2.34. The summed E-state index contributed by atoms with van der Waals surface area (Å²) in [5, 5.41) is 8.98. The average molecular weight is 261 g/mol. The second kappa shape index (κ2) is 5.24. The van der Waals surface area contributed by atoms with Gasteiger partial charge in [-0.2, -0.15) is 0 Å². The fourth-order valence-corrected chi connectivity index (χ4v) is 2.95. The van der Waals surface area contributed by atoms with Crippen molar-refractivity contribution in [2.75, 3.05) is 11.4 Å². The summed E-state index contributed by atoms with van der Waals surface area (Å²) in [7, 11) is 0. The number of anilines is 1. The van der Waals surface area contributed by atoms with Crippen LogP contribution in [0.25, 0.3) is 0 Å². The number of rotatable bonds is 3. The van der Waals surface area contributed by atoms with Crippen molar-refractivity contribution in [3.8, 4) is 0 Å². The van der Waals surface area contributed by atoms with Gasteiger partial charge in [-0.3, -0.25) is 4.79 Å². The summed E-state index contributed by atoms with van der Waals surface area (Å²) in [5.41, 5.74) is 2.55. The Hall–Kier alpha value is -1.51. The van der Waals surface area contributed by atoms with E-state index < -0.39 is 5.97 Å². The predicted molar refractivity (Wildman–Crippen MR) is 77.6 cm³/mol. The summed E-state index contributed by atoms with van der Waals surface area (Å²) in [6.07, 6.45) is 2.32. The van der Waals surface area contributed by atoms with Gasteiger partial charge in [-0.05, 0) is 57.2 Å². The van der Waals surface area contributed by atoms with Gasteiger partial charge in [-0.25, -0.2) is 0 Å². The highest BCUT2D eigenvalue weighted by atomic mass is 16.4. The van der Waals surface area contributed by atoms with E-state index >= 15 is 0 Å². The van der Waals surface area contributed by atoms with Crippen molar-refractivity contribution >= 4 is 11.7 Å². The fraction of sp³-hybridized carbons (Fsp3) is 0.562. The normalized spacial score (nSPS) is 22.3. The van der Waals surface area contributed by atoms with Crippen LogP contribution in [0, 0.1) is 12.8 Å². The quantitative estimate of drug-likeness (QED) is 0.905. The zero-order valence-electron chi connectivity index (χ0n) is 12.0. The van der Waals surface area contributed by atoms with Crippen molar-refractivity contribution < 1.29 is 9.90 Å². The van der Waals surface area contributed by atoms with Gasteiger partial charge >= 0.3 is 5.97 Å².